The van der Waals surface area contributed by atoms with Gasteiger partial charge in [-0.3, -0.25) is 0 Å². The van der Waals surface area contributed by atoms with Gasteiger partial charge in [0.15, 0.2) is 0 Å². The van der Waals surface area contributed by atoms with Crippen molar-refractivity contribution in [3.05, 3.63) is 0 Å². The van der Waals surface area contributed by atoms with E-state index < -0.39 is 0 Å². The summed E-state index contributed by atoms with van der Waals surface area (Å²) >= 11 is 0.443. The molecule has 0 heterocycles. The molecule has 0 aliphatic heterocycles. The molecule has 11 heavy (non-hydrogen) atoms. The maximum atomic E-state index is 2.52. The normalized spacial score (nSPS) is 10.9. The topological polar surface area (TPSA) is 3.24 Å². The van der Waals surface area contributed by atoms with Crippen molar-refractivity contribution < 1.29 is 0 Å². The van der Waals surface area contributed by atoms with Crippen molar-refractivity contribution in [3.8, 4) is 0 Å². The summed E-state index contributed by atoms with van der Waals surface area (Å²) in [7, 11) is 0. The molecule has 0 saturated heterocycles. The van der Waals surface area contributed by atoms with Gasteiger partial charge in [-0.15, -0.1) is 0 Å². The van der Waals surface area contributed by atoms with Gasteiger partial charge in [0, 0.05) is 0 Å². The molecular formula is C9H21GeN. The summed E-state index contributed by atoms with van der Waals surface area (Å²) in [5, 5.41) is 3.01. The van der Waals surface area contributed by atoms with Gasteiger partial charge in [-0.1, -0.05) is 0 Å². The van der Waals surface area contributed by atoms with Crippen molar-refractivity contribution in [2.75, 3.05) is 19.6 Å². The van der Waals surface area contributed by atoms with Crippen molar-refractivity contribution in [1.29, 1.82) is 0 Å². The number of nitrogens with zero attached hydrogens (tertiary/aromatic N) is 1. The van der Waals surface area contributed by atoms with E-state index in [1.807, 2.05) is 0 Å². The van der Waals surface area contributed by atoms with Crippen LogP contribution in [0, 0.1) is 0 Å². The van der Waals surface area contributed by atoms with E-state index in [-0.39, 0.29) is 0 Å². The van der Waals surface area contributed by atoms with Crippen LogP contribution >= 0.6 is 0 Å². The average molecular weight is 216 g/mol. The third-order valence-electron chi connectivity index (χ3n) is 1.97. The SMILES string of the molecule is C[CH2][Ge][CH2]CCN(CC)CC. The number of rotatable bonds is 7. The third-order valence-corrected chi connectivity index (χ3v) is 4.50. The van der Waals surface area contributed by atoms with E-state index in [1.54, 1.807) is 0 Å². The van der Waals surface area contributed by atoms with Crippen LogP contribution < -0.4 is 0 Å². The fourth-order valence-electron chi connectivity index (χ4n) is 1.14. The summed E-state index contributed by atoms with van der Waals surface area (Å²) in [4.78, 5) is 2.52. The molecule has 0 rings (SSSR count). The predicted octanol–water partition coefficient (Wildman–Crippen LogP) is 2.28. The molecule has 2 radical (unpaired) electrons. The third kappa shape index (κ3) is 6.88. The fourth-order valence-corrected chi connectivity index (χ4v) is 2.74. The van der Waals surface area contributed by atoms with Crippen LogP contribution in [0.4, 0.5) is 0 Å². The Hall–Kier alpha value is 0.503. The molecule has 0 atom stereocenters. The molecule has 0 aromatic heterocycles. The number of hydrogen-bond acceptors (Lipinski definition) is 1. The minimum absolute atomic E-state index is 0.443. The number of hydrogen-bond donors (Lipinski definition) is 0. The molecule has 0 unspecified atom stereocenters. The van der Waals surface area contributed by atoms with E-state index in [0.29, 0.717) is 15.4 Å². The van der Waals surface area contributed by atoms with Crippen molar-refractivity contribution in [2.24, 2.45) is 0 Å². The molecule has 0 aliphatic carbocycles. The van der Waals surface area contributed by atoms with E-state index >= 15 is 0 Å². The summed E-state index contributed by atoms with van der Waals surface area (Å²) in [6.45, 7) is 10.6. The average Bonchev–Trinajstić information content (AvgIpc) is 2.05. The standard InChI is InChI=1S/C9H21GeN/c1-4-10-8-7-9-11(5-2)6-3/h4-9H2,1-3H3. The minimum atomic E-state index is 0.443. The zero-order chi connectivity index (χ0) is 8.53. The van der Waals surface area contributed by atoms with E-state index in [1.165, 1.54) is 36.6 Å². The Balaban J connectivity index is 3.07. The van der Waals surface area contributed by atoms with Gasteiger partial charge in [0.2, 0.25) is 0 Å². The molecule has 1 nitrogen and oxygen atoms in total. The van der Waals surface area contributed by atoms with Gasteiger partial charge < -0.3 is 0 Å². The van der Waals surface area contributed by atoms with Gasteiger partial charge in [0.05, 0.1) is 0 Å². The summed E-state index contributed by atoms with van der Waals surface area (Å²) < 4.78 is 0. The van der Waals surface area contributed by atoms with Crippen LogP contribution in [-0.2, 0) is 0 Å². The molecule has 0 bridgehead atoms. The summed E-state index contributed by atoms with van der Waals surface area (Å²) in [5.41, 5.74) is 0. The second-order valence-corrected chi connectivity index (χ2v) is 6.32. The molecule has 66 valence electrons. The summed E-state index contributed by atoms with van der Waals surface area (Å²) in [6, 6.07) is 0. The zero-order valence-corrected chi connectivity index (χ0v) is 10.3. The first-order valence-electron chi connectivity index (χ1n) is 4.78. The summed E-state index contributed by atoms with van der Waals surface area (Å²) in [5.74, 6) is 0. The monoisotopic (exact) mass is 217 g/mol. The first kappa shape index (κ1) is 11.5. The maximum absolute atomic E-state index is 2.52. The molecular weight excluding hydrogens is 195 g/mol. The quantitative estimate of drug-likeness (QED) is 0.466. The first-order chi connectivity index (χ1) is 5.35. The molecule has 0 aliphatic rings. The van der Waals surface area contributed by atoms with Crippen molar-refractivity contribution in [1.82, 2.24) is 4.90 Å². The van der Waals surface area contributed by atoms with Crippen molar-refractivity contribution >= 4 is 15.4 Å². The van der Waals surface area contributed by atoms with Crippen LogP contribution in [0.15, 0.2) is 0 Å². The van der Waals surface area contributed by atoms with Crippen LogP contribution in [0.3, 0.4) is 0 Å². The Bertz CT molecular complexity index is 72.0. The van der Waals surface area contributed by atoms with E-state index in [4.69, 9.17) is 0 Å². The zero-order valence-electron chi connectivity index (χ0n) is 8.19. The summed E-state index contributed by atoms with van der Waals surface area (Å²) in [6.07, 6.45) is 1.44. The van der Waals surface area contributed by atoms with Gasteiger partial charge in [0.1, 0.15) is 0 Å². The van der Waals surface area contributed by atoms with Gasteiger partial charge in [-0.05, 0) is 0 Å². The Morgan fingerprint density at radius 1 is 1.09 bits per heavy atom. The second-order valence-electron chi connectivity index (χ2n) is 2.73. The van der Waals surface area contributed by atoms with Gasteiger partial charge in [-0.2, -0.15) is 0 Å². The molecule has 0 aromatic rings. The first-order valence-corrected chi connectivity index (χ1v) is 7.74. The van der Waals surface area contributed by atoms with Crippen molar-refractivity contribution in [3.63, 3.8) is 0 Å². The van der Waals surface area contributed by atoms with Crippen LogP contribution in [-0.4, -0.2) is 40.0 Å². The molecule has 0 fully saturated rings. The van der Waals surface area contributed by atoms with Crippen LogP contribution in [0.25, 0.3) is 0 Å². The Kier molecular flexibility index (Phi) is 8.99. The molecule has 0 amide bonds. The van der Waals surface area contributed by atoms with Gasteiger partial charge in [0.25, 0.3) is 0 Å². The molecule has 0 aromatic carbocycles. The van der Waals surface area contributed by atoms with Crippen LogP contribution in [0.2, 0.25) is 10.5 Å². The van der Waals surface area contributed by atoms with E-state index in [0.717, 1.165) is 0 Å². The Morgan fingerprint density at radius 3 is 2.18 bits per heavy atom. The predicted molar refractivity (Wildman–Crippen MR) is 53.4 cm³/mol. The second kappa shape index (κ2) is 8.60. The van der Waals surface area contributed by atoms with Crippen LogP contribution in [0.5, 0.6) is 0 Å². The van der Waals surface area contributed by atoms with Crippen molar-refractivity contribution in [2.45, 2.75) is 37.7 Å². The van der Waals surface area contributed by atoms with Gasteiger partial charge >= 0.3 is 77.7 Å². The Morgan fingerprint density at radius 2 is 1.73 bits per heavy atom. The van der Waals surface area contributed by atoms with E-state index in [9.17, 15) is 0 Å². The van der Waals surface area contributed by atoms with Gasteiger partial charge in [-0.25, -0.2) is 0 Å². The molecule has 0 spiro atoms. The molecule has 0 saturated carbocycles. The fraction of sp³-hybridized carbons (Fsp3) is 1.00. The molecule has 2 heteroatoms. The van der Waals surface area contributed by atoms with E-state index in [2.05, 4.69) is 25.7 Å². The Labute approximate surface area is 78.0 Å². The molecule has 0 N–H and O–H groups in total. The van der Waals surface area contributed by atoms with Crippen LogP contribution in [0.1, 0.15) is 27.2 Å².